The van der Waals surface area contributed by atoms with Crippen molar-refractivity contribution in [3.05, 3.63) is 53.1 Å². The van der Waals surface area contributed by atoms with E-state index in [1.54, 1.807) is 12.1 Å². The minimum atomic E-state index is -0.781. The minimum absolute atomic E-state index is 0.173. The summed E-state index contributed by atoms with van der Waals surface area (Å²) in [5.41, 5.74) is 1.39. The van der Waals surface area contributed by atoms with Crippen LogP contribution in [0.15, 0.2) is 24.4 Å². The molecule has 0 bridgehead atoms. The molecule has 1 atom stereocenters. The second kappa shape index (κ2) is 5.56. The topological polar surface area (TPSA) is 21.1 Å². The Labute approximate surface area is 123 Å². The lowest BCUT2D eigenvalue weighted by atomic mass is 10.1. The number of aryl methyl sites for hydroxylation is 2. The lowest BCUT2D eigenvalue weighted by molar-refractivity contribution is 0.232. The summed E-state index contributed by atoms with van der Waals surface area (Å²) in [7, 11) is 1.98. The van der Waals surface area contributed by atoms with Gasteiger partial charge >= 0.3 is 0 Å². The first kappa shape index (κ1) is 14.2. The van der Waals surface area contributed by atoms with E-state index in [9.17, 15) is 8.78 Å². The molecule has 1 aliphatic heterocycles. The van der Waals surface area contributed by atoms with Crippen LogP contribution in [0.2, 0.25) is 0 Å². The molecule has 1 aromatic heterocycles. The number of imidazole rings is 1. The third kappa shape index (κ3) is 2.70. The van der Waals surface area contributed by atoms with Crippen LogP contribution >= 0.6 is 0 Å². The maximum Gasteiger partial charge on any atom is 0.163 e. The van der Waals surface area contributed by atoms with Crippen LogP contribution in [-0.4, -0.2) is 21.0 Å². The van der Waals surface area contributed by atoms with Gasteiger partial charge < -0.3 is 4.57 Å². The predicted molar refractivity (Wildman–Crippen MR) is 76.7 cm³/mol. The van der Waals surface area contributed by atoms with Crippen molar-refractivity contribution in [2.75, 3.05) is 6.54 Å². The molecule has 0 unspecified atom stereocenters. The van der Waals surface area contributed by atoms with Crippen LogP contribution in [0.5, 0.6) is 0 Å². The van der Waals surface area contributed by atoms with Gasteiger partial charge in [-0.05, 0) is 32.4 Å². The summed E-state index contributed by atoms with van der Waals surface area (Å²) in [6.45, 7) is 3.27. The largest absolute Gasteiger partial charge is 0.336 e. The fourth-order valence-electron chi connectivity index (χ4n) is 3.14. The highest BCUT2D eigenvalue weighted by atomic mass is 19.2. The first-order chi connectivity index (χ1) is 10.1. The monoisotopic (exact) mass is 291 g/mol. The zero-order valence-electron chi connectivity index (χ0n) is 12.3. The normalized spacial score (nSPS) is 19.3. The third-order valence-electron chi connectivity index (χ3n) is 4.10. The number of hydrogen-bond donors (Lipinski definition) is 0. The number of benzene rings is 1. The quantitative estimate of drug-likeness (QED) is 0.865. The average Bonchev–Trinajstić information content (AvgIpc) is 3.01. The van der Waals surface area contributed by atoms with Crippen molar-refractivity contribution in [2.45, 2.75) is 32.4 Å². The molecule has 2 aromatic rings. The van der Waals surface area contributed by atoms with Gasteiger partial charge in [0.2, 0.25) is 0 Å². The highest BCUT2D eigenvalue weighted by molar-refractivity contribution is 5.19. The average molecular weight is 291 g/mol. The van der Waals surface area contributed by atoms with E-state index in [4.69, 9.17) is 0 Å². The van der Waals surface area contributed by atoms with Crippen LogP contribution in [0.25, 0.3) is 0 Å². The van der Waals surface area contributed by atoms with Gasteiger partial charge in [-0.15, -0.1) is 0 Å². The van der Waals surface area contributed by atoms with Crippen LogP contribution < -0.4 is 0 Å². The van der Waals surface area contributed by atoms with E-state index < -0.39 is 11.6 Å². The first-order valence-electron chi connectivity index (χ1n) is 7.23. The van der Waals surface area contributed by atoms with E-state index >= 15 is 0 Å². The van der Waals surface area contributed by atoms with Crippen LogP contribution in [0.1, 0.15) is 36.0 Å². The van der Waals surface area contributed by atoms with E-state index in [0.29, 0.717) is 12.1 Å². The highest BCUT2D eigenvalue weighted by Gasteiger charge is 2.29. The Morgan fingerprint density at radius 1 is 1.33 bits per heavy atom. The Hall–Kier alpha value is -1.75. The number of halogens is 2. The maximum absolute atomic E-state index is 13.8. The zero-order chi connectivity index (χ0) is 15.0. The molecule has 0 aliphatic carbocycles. The number of nitrogens with zero attached hydrogens (tertiary/aromatic N) is 3. The molecule has 112 valence electrons. The second-order valence-electron chi connectivity index (χ2n) is 5.69. The van der Waals surface area contributed by atoms with Crippen molar-refractivity contribution >= 4 is 0 Å². The number of aromatic nitrogens is 2. The van der Waals surface area contributed by atoms with E-state index in [-0.39, 0.29) is 6.04 Å². The summed E-state index contributed by atoms with van der Waals surface area (Å²) in [6.07, 6.45) is 4.04. The van der Waals surface area contributed by atoms with Crippen molar-refractivity contribution < 1.29 is 8.78 Å². The number of rotatable bonds is 3. The van der Waals surface area contributed by atoms with Crippen molar-refractivity contribution in [1.29, 1.82) is 0 Å². The van der Waals surface area contributed by atoms with Gasteiger partial charge in [0, 0.05) is 25.4 Å². The number of likely N-dealkylation sites (tertiary alicyclic amines) is 1. The molecule has 3 rings (SSSR count). The summed E-state index contributed by atoms with van der Waals surface area (Å²) in [6, 6.07) is 4.54. The molecule has 1 saturated heterocycles. The number of hydrogen-bond acceptors (Lipinski definition) is 2. The fourth-order valence-corrected chi connectivity index (χ4v) is 3.14. The Kier molecular flexibility index (Phi) is 3.76. The van der Waals surface area contributed by atoms with Gasteiger partial charge in [-0.25, -0.2) is 13.8 Å². The van der Waals surface area contributed by atoms with Gasteiger partial charge in [0.25, 0.3) is 0 Å². The Bertz CT molecular complexity index is 651. The van der Waals surface area contributed by atoms with Gasteiger partial charge in [0.1, 0.15) is 5.82 Å². The predicted octanol–water partition coefficient (Wildman–Crippen LogP) is 3.34. The summed E-state index contributed by atoms with van der Waals surface area (Å²) >= 11 is 0. The zero-order valence-corrected chi connectivity index (χ0v) is 12.3. The van der Waals surface area contributed by atoms with Crippen LogP contribution in [0.3, 0.4) is 0 Å². The minimum Gasteiger partial charge on any atom is -0.336 e. The maximum atomic E-state index is 13.8. The summed E-state index contributed by atoms with van der Waals surface area (Å²) in [5, 5.41) is 0. The third-order valence-corrected chi connectivity index (χ3v) is 4.10. The van der Waals surface area contributed by atoms with Gasteiger partial charge in [-0.2, -0.15) is 0 Å². The summed E-state index contributed by atoms with van der Waals surface area (Å²) < 4.78 is 29.2. The molecular weight excluding hydrogens is 272 g/mol. The van der Waals surface area contributed by atoms with Crippen LogP contribution in [-0.2, 0) is 13.6 Å². The van der Waals surface area contributed by atoms with Crippen molar-refractivity contribution in [3.63, 3.8) is 0 Å². The standard InChI is InChI=1S/C16H19F2N3/c1-11-9-20(2)16(19-11)14-7-4-8-21(14)10-12-5-3-6-13(17)15(12)18/h3,5-6,9,14H,4,7-8,10H2,1-2H3/t14-/m0/s1. The highest BCUT2D eigenvalue weighted by Crippen LogP contribution is 2.32. The molecular formula is C16H19F2N3. The smallest absolute Gasteiger partial charge is 0.163 e. The molecule has 2 heterocycles. The van der Waals surface area contributed by atoms with E-state index in [1.807, 2.05) is 24.7 Å². The molecule has 1 aliphatic rings. The Morgan fingerprint density at radius 2 is 2.14 bits per heavy atom. The lowest BCUT2D eigenvalue weighted by Crippen LogP contribution is -2.25. The Balaban J connectivity index is 1.84. The molecule has 21 heavy (non-hydrogen) atoms. The van der Waals surface area contributed by atoms with Crippen molar-refractivity contribution in [2.24, 2.45) is 7.05 Å². The molecule has 1 fully saturated rings. The summed E-state index contributed by atoms with van der Waals surface area (Å²) in [4.78, 5) is 6.76. The van der Waals surface area contributed by atoms with E-state index in [0.717, 1.165) is 37.0 Å². The molecule has 0 radical (unpaired) electrons. The van der Waals surface area contributed by atoms with Gasteiger partial charge in [-0.3, -0.25) is 4.90 Å². The van der Waals surface area contributed by atoms with Crippen LogP contribution in [0, 0.1) is 18.6 Å². The van der Waals surface area contributed by atoms with Gasteiger partial charge in [-0.1, -0.05) is 12.1 Å². The molecule has 3 nitrogen and oxygen atoms in total. The molecule has 0 N–H and O–H groups in total. The lowest BCUT2D eigenvalue weighted by Gasteiger charge is -2.24. The molecule has 5 heteroatoms. The van der Waals surface area contributed by atoms with Gasteiger partial charge in [0.05, 0.1) is 11.7 Å². The Morgan fingerprint density at radius 3 is 2.86 bits per heavy atom. The van der Waals surface area contributed by atoms with Gasteiger partial charge in [0.15, 0.2) is 11.6 Å². The van der Waals surface area contributed by atoms with E-state index in [2.05, 4.69) is 9.88 Å². The molecule has 0 saturated carbocycles. The van der Waals surface area contributed by atoms with Crippen molar-refractivity contribution in [3.8, 4) is 0 Å². The fraction of sp³-hybridized carbons (Fsp3) is 0.438. The van der Waals surface area contributed by atoms with E-state index in [1.165, 1.54) is 0 Å². The summed E-state index contributed by atoms with van der Waals surface area (Å²) in [5.74, 6) is -0.517. The molecule has 0 amide bonds. The second-order valence-corrected chi connectivity index (χ2v) is 5.69. The molecule has 0 spiro atoms. The molecule has 1 aromatic carbocycles. The van der Waals surface area contributed by atoms with Crippen LogP contribution in [0.4, 0.5) is 8.78 Å². The SMILES string of the molecule is Cc1cn(C)c([C@@H]2CCCN2Cc2cccc(F)c2F)n1. The first-order valence-corrected chi connectivity index (χ1v) is 7.23. The van der Waals surface area contributed by atoms with Crippen molar-refractivity contribution in [1.82, 2.24) is 14.5 Å².